The second-order valence-corrected chi connectivity index (χ2v) is 4.25. The first-order valence-electron chi connectivity index (χ1n) is 4.88. The van der Waals surface area contributed by atoms with Crippen LogP contribution in [0, 0.1) is 5.82 Å². The average molecular weight is 298 g/mol. The smallest absolute Gasteiger partial charge is 0.224 e. The second kappa shape index (κ2) is 5.25. The topological polar surface area (TPSA) is 42.4 Å². The molecule has 1 N–H and O–H groups in total. The number of nitrogens with zero attached hydrogens (tertiary/aromatic N) is 1. The molecule has 5 heteroatoms. The van der Waals surface area contributed by atoms with E-state index in [0.717, 1.165) is 10.7 Å². The van der Waals surface area contributed by atoms with Crippen molar-refractivity contribution in [2.75, 3.05) is 0 Å². The van der Waals surface area contributed by atoms with E-state index in [-0.39, 0.29) is 12.5 Å². The molecule has 1 aromatic carbocycles. The van der Waals surface area contributed by atoms with Crippen molar-refractivity contribution in [2.45, 2.75) is 6.61 Å². The van der Waals surface area contributed by atoms with Crippen molar-refractivity contribution in [2.24, 2.45) is 0 Å². The Balaban J connectivity index is 2.29. The molecular weight excluding hydrogens is 289 g/mol. The highest BCUT2D eigenvalue weighted by Crippen LogP contribution is 2.25. The van der Waals surface area contributed by atoms with E-state index in [9.17, 15) is 4.39 Å². The molecule has 1 heterocycles. The van der Waals surface area contributed by atoms with Crippen LogP contribution in [0.4, 0.5) is 4.39 Å². The van der Waals surface area contributed by atoms with Gasteiger partial charge in [-0.25, -0.2) is 9.37 Å². The maximum Gasteiger partial charge on any atom is 0.224 e. The van der Waals surface area contributed by atoms with Crippen molar-refractivity contribution in [3.63, 3.8) is 0 Å². The maximum absolute atomic E-state index is 12.9. The van der Waals surface area contributed by atoms with Crippen molar-refractivity contribution in [3.05, 3.63) is 52.4 Å². The number of benzene rings is 1. The van der Waals surface area contributed by atoms with Crippen LogP contribution in [-0.2, 0) is 6.61 Å². The molecule has 0 spiro atoms. The molecule has 0 saturated carbocycles. The van der Waals surface area contributed by atoms with E-state index in [2.05, 4.69) is 20.9 Å². The minimum Gasteiger partial charge on any atom is -0.439 e. The van der Waals surface area contributed by atoms with Gasteiger partial charge in [-0.05, 0) is 24.3 Å². The molecule has 0 bridgehead atoms. The molecule has 2 rings (SSSR count). The lowest BCUT2D eigenvalue weighted by Gasteiger charge is -2.08. The van der Waals surface area contributed by atoms with Gasteiger partial charge in [0.05, 0.1) is 12.8 Å². The highest BCUT2D eigenvalue weighted by atomic mass is 79.9. The fourth-order valence-electron chi connectivity index (χ4n) is 1.32. The van der Waals surface area contributed by atoms with Crippen LogP contribution < -0.4 is 4.74 Å². The van der Waals surface area contributed by atoms with Crippen molar-refractivity contribution >= 4 is 15.9 Å². The number of aromatic nitrogens is 1. The molecule has 0 saturated heterocycles. The van der Waals surface area contributed by atoms with Gasteiger partial charge in [-0.2, -0.15) is 0 Å². The number of ether oxygens (including phenoxy) is 1. The Kier molecular flexibility index (Phi) is 3.71. The summed E-state index contributed by atoms with van der Waals surface area (Å²) >= 11 is 3.31. The van der Waals surface area contributed by atoms with E-state index in [1.54, 1.807) is 12.1 Å². The fraction of sp³-hybridized carbons (Fsp3) is 0.0833. The standard InChI is InChI=1S/C12H9BrFNO2/c13-9-2-1-3-11(5-9)17-12-8(7-16)4-10(14)6-15-12/h1-6,16H,7H2. The Morgan fingerprint density at radius 2 is 2.18 bits per heavy atom. The number of halogens is 2. The van der Waals surface area contributed by atoms with E-state index in [0.29, 0.717) is 11.3 Å². The normalized spacial score (nSPS) is 10.3. The Bertz CT molecular complexity index is 534. The molecule has 0 aliphatic rings. The molecule has 2 aromatic rings. The van der Waals surface area contributed by atoms with Crippen LogP contribution in [0.25, 0.3) is 0 Å². The Hall–Kier alpha value is -1.46. The van der Waals surface area contributed by atoms with Gasteiger partial charge >= 0.3 is 0 Å². The first-order chi connectivity index (χ1) is 8.19. The Morgan fingerprint density at radius 3 is 2.88 bits per heavy atom. The summed E-state index contributed by atoms with van der Waals surface area (Å²) in [6, 6.07) is 8.36. The summed E-state index contributed by atoms with van der Waals surface area (Å²) in [6.45, 7) is -0.325. The molecule has 0 amide bonds. The average Bonchev–Trinajstić information content (AvgIpc) is 2.31. The Labute approximate surface area is 106 Å². The molecule has 0 aliphatic heterocycles. The predicted molar refractivity (Wildman–Crippen MR) is 64.3 cm³/mol. The number of aliphatic hydroxyl groups is 1. The summed E-state index contributed by atoms with van der Waals surface area (Å²) in [5, 5.41) is 9.08. The van der Waals surface area contributed by atoms with Gasteiger partial charge in [-0.1, -0.05) is 22.0 Å². The third-order valence-corrected chi connectivity index (χ3v) is 2.57. The zero-order valence-electron chi connectivity index (χ0n) is 8.73. The van der Waals surface area contributed by atoms with Crippen LogP contribution in [0.2, 0.25) is 0 Å². The zero-order valence-corrected chi connectivity index (χ0v) is 10.3. The molecule has 0 unspecified atom stereocenters. The highest BCUT2D eigenvalue weighted by Gasteiger charge is 2.07. The van der Waals surface area contributed by atoms with Gasteiger partial charge in [-0.3, -0.25) is 0 Å². The maximum atomic E-state index is 12.9. The summed E-state index contributed by atoms with van der Waals surface area (Å²) in [5.41, 5.74) is 0.310. The first-order valence-corrected chi connectivity index (χ1v) is 5.67. The number of hydrogen-bond donors (Lipinski definition) is 1. The van der Waals surface area contributed by atoms with Gasteiger partial charge in [0.1, 0.15) is 11.6 Å². The van der Waals surface area contributed by atoms with Crippen molar-refractivity contribution in [1.82, 2.24) is 4.98 Å². The molecule has 1 aromatic heterocycles. The first kappa shape index (κ1) is 12.0. The summed E-state index contributed by atoms with van der Waals surface area (Å²) in [7, 11) is 0. The summed E-state index contributed by atoms with van der Waals surface area (Å²) in [6.07, 6.45) is 1.05. The minimum absolute atomic E-state index is 0.201. The van der Waals surface area contributed by atoms with Crippen LogP contribution in [0.3, 0.4) is 0 Å². The number of pyridine rings is 1. The van der Waals surface area contributed by atoms with E-state index < -0.39 is 5.82 Å². The second-order valence-electron chi connectivity index (χ2n) is 3.34. The molecular formula is C12H9BrFNO2. The van der Waals surface area contributed by atoms with Crippen LogP contribution in [0.5, 0.6) is 11.6 Å². The van der Waals surface area contributed by atoms with Crippen LogP contribution in [0.1, 0.15) is 5.56 Å². The van der Waals surface area contributed by atoms with Gasteiger partial charge in [0, 0.05) is 10.0 Å². The lowest BCUT2D eigenvalue weighted by Crippen LogP contribution is -1.96. The van der Waals surface area contributed by atoms with E-state index in [1.165, 1.54) is 6.07 Å². The van der Waals surface area contributed by atoms with E-state index in [4.69, 9.17) is 9.84 Å². The van der Waals surface area contributed by atoms with Gasteiger partial charge in [0.25, 0.3) is 0 Å². The quantitative estimate of drug-likeness (QED) is 0.945. The molecule has 88 valence electrons. The third kappa shape index (κ3) is 3.01. The lowest BCUT2D eigenvalue weighted by molar-refractivity contribution is 0.274. The zero-order chi connectivity index (χ0) is 12.3. The lowest BCUT2D eigenvalue weighted by atomic mass is 10.3. The molecule has 0 atom stereocenters. The molecule has 0 fully saturated rings. The van der Waals surface area contributed by atoms with Gasteiger partial charge in [-0.15, -0.1) is 0 Å². The van der Waals surface area contributed by atoms with Gasteiger partial charge < -0.3 is 9.84 Å². The van der Waals surface area contributed by atoms with Crippen LogP contribution in [0.15, 0.2) is 41.0 Å². The SMILES string of the molecule is OCc1cc(F)cnc1Oc1cccc(Br)c1. The number of hydrogen-bond acceptors (Lipinski definition) is 3. The van der Waals surface area contributed by atoms with Gasteiger partial charge in [0.15, 0.2) is 0 Å². The van der Waals surface area contributed by atoms with Crippen LogP contribution in [-0.4, -0.2) is 10.1 Å². The third-order valence-electron chi connectivity index (χ3n) is 2.07. The number of rotatable bonds is 3. The summed E-state index contributed by atoms with van der Waals surface area (Å²) in [4.78, 5) is 3.80. The van der Waals surface area contributed by atoms with Crippen molar-refractivity contribution in [1.29, 1.82) is 0 Å². The summed E-state index contributed by atoms with van der Waals surface area (Å²) < 4.78 is 19.2. The van der Waals surface area contributed by atoms with Crippen molar-refractivity contribution in [3.8, 4) is 11.6 Å². The Morgan fingerprint density at radius 1 is 1.35 bits per heavy atom. The largest absolute Gasteiger partial charge is 0.439 e. The molecule has 0 aliphatic carbocycles. The summed E-state index contributed by atoms with van der Waals surface area (Å²) in [5.74, 6) is 0.260. The van der Waals surface area contributed by atoms with Crippen LogP contribution >= 0.6 is 15.9 Å². The highest BCUT2D eigenvalue weighted by molar-refractivity contribution is 9.10. The molecule has 17 heavy (non-hydrogen) atoms. The van der Waals surface area contributed by atoms with E-state index >= 15 is 0 Å². The predicted octanol–water partition coefficient (Wildman–Crippen LogP) is 3.27. The minimum atomic E-state index is -0.504. The van der Waals surface area contributed by atoms with Crippen molar-refractivity contribution < 1.29 is 14.2 Å². The monoisotopic (exact) mass is 297 g/mol. The molecule has 0 radical (unpaired) electrons. The van der Waals surface area contributed by atoms with E-state index in [1.807, 2.05) is 12.1 Å². The molecule has 3 nitrogen and oxygen atoms in total. The number of aliphatic hydroxyl groups excluding tert-OH is 1. The fourth-order valence-corrected chi connectivity index (χ4v) is 1.69. The van der Waals surface area contributed by atoms with Gasteiger partial charge in [0.2, 0.25) is 5.88 Å².